The van der Waals surface area contributed by atoms with Gasteiger partial charge in [-0.05, 0) is 6.92 Å². The van der Waals surface area contributed by atoms with E-state index in [1.54, 1.807) is 4.90 Å². The fourth-order valence-corrected chi connectivity index (χ4v) is 4.63. The molecule has 3 saturated heterocycles. The second-order valence-electron chi connectivity index (χ2n) is 7.54. The fourth-order valence-electron chi connectivity index (χ4n) is 4.63. The number of rotatable bonds is 5. The minimum Gasteiger partial charge on any atom is -0.380 e. The summed E-state index contributed by atoms with van der Waals surface area (Å²) in [4.78, 5) is 29.1. The van der Waals surface area contributed by atoms with E-state index in [0.717, 1.165) is 0 Å². The van der Waals surface area contributed by atoms with Crippen molar-refractivity contribution in [2.75, 3.05) is 39.4 Å². The first-order valence-corrected chi connectivity index (χ1v) is 9.27. The van der Waals surface area contributed by atoms with Crippen LogP contribution in [0.1, 0.15) is 19.8 Å². The molecule has 4 aliphatic heterocycles. The average molecular weight is 370 g/mol. The quantitative estimate of drug-likeness (QED) is 0.537. The first kappa shape index (κ1) is 17.9. The van der Waals surface area contributed by atoms with Gasteiger partial charge in [0.2, 0.25) is 11.8 Å². The third-order valence-corrected chi connectivity index (χ3v) is 5.98. The number of amides is 2. The zero-order valence-corrected chi connectivity index (χ0v) is 14.8. The van der Waals surface area contributed by atoms with Crippen molar-refractivity contribution in [3.63, 3.8) is 0 Å². The number of fused-ring (bicyclic) bond motifs is 1. The summed E-state index contributed by atoms with van der Waals surface area (Å²) in [6, 6.07) is 0. The highest BCUT2D eigenvalue weighted by atomic mass is 19.3. The zero-order valence-electron chi connectivity index (χ0n) is 14.8. The summed E-state index contributed by atoms with van der Waals surface area (Å²) >= 11 is 0. The van der Waals surface area contributed by atoms with Crippen molar-refractivity contribution in [3.05, 3.63) is 12.2 Å². The molecule has 4 aliphatic rings. The van der Waals surface area contributed by atoms with Crippen molar-refractivity contribution < 1.29 is 27.8 Å². The topological polar surface area (TPSA) is 59.1 Å². The van der Waals surface area contributed by atoms with Gasteiger partial charge in [0.05, 0.1) is 31.1 Å². The van der Waals surface area contributed by atoms with Crippen molar-refractivity contribution in [2.45, 2.75) is 37.4 Å². The molecule has 0 aromatic heterocycles. The Morgan fingerprint density at radius 3 is 2.81 bits per heavy atom. The van der Waals surface area contributed by atoms with Crippen LogP contribution in [0.15, 0.2) is 12.2 Å². The van der Waals surface area contributed by atoms with Gasteiger partial charge >= 0.3 is 0 Å². The summed E-state index contributed by atoms with van der Waals surface area (Å²) in [5, 5.41) is 0. The summed E-state index contributed by atoms with van der Waals surface area (Å²) < 4.78 is 38.2. The van der Waals surface area contributed by atoms with Crippen molar-refractivity contribution in [2.24, 2.45) is 11.8 Å². The first-order chi connectivity index (χ1) is 12.4. The maximum absolute atomic E-state index is 13.4. The van der Waals surface area contributed by atoms with Crippen LogP contribution in [-0.4, -0.2) is 78.6 Å². The van der Waals surface area contributed by atoms with Gasteiger partial charge in [0.1, 0.15) is 5.60 Å². The number of piperidine rings is 1. The molecule has 1 spiro atoms. The van der Waals surface area contributed by atoms with Gasteiger partial charge in [-0.3, -0.25) is 9.59 Å². The van der Waals surface area contributed by atoms with E-state index < -0.39 is 29.5 Å². The molecule has 0 aromatic carbocycles. The van der Waals surface area contributed by atoms with Crippen molar-refractivity contribution >= 4 is 11.8 Å². The van der Waals surface area contributed by atoms with E-state index in [2.05, 4.69) is 0 Å². The van der Waals surface area contributed by atoms with E-state index in [4.69, 9.17) is 9.47 Å². The number of halogens is 2. The minimum absolute atomic E-state index is 0.0285. The van der Waals surface area contributed by atoms with Crippen LogP contribution >= 0.6 is 0 Å². The Labute approximate surface area is 151 Å². The lowest BCUT2D eigenvalue weighted by molar-refractivity contribution is -0.147. The van der Waals surface area contributed by atoms with Gasteiger partial charge in [-0.2, -0.15) is 0 Å². The molecule has 26 heavy (non-hydrogen) atoms. The van der Waals surface area contributed by atoms with Gasteiger partial charge in [0.25, 0.3) is 5.92 Å². The molecular formula is C18H24F2N2O4. The van der Waals surface area contributed by atoms with Crippen LogP contribution in [0.25, 0.3) is 0 Å². The minimum atomic E-state index is -2.71. The molecule has 3 fully saturated rings. The molecule has 144 valence electrons. The van der Waals surface area contributed by atoms with Gasteiger partial charge in [-0.1, -0.05) is 12.2 Å². The number of carbonyl (C=O) groups excluding carboxylic acids is 2. The number of ether oxygens (including phenoxy) is 2. The highest BCUT2D eigenvalue weighted by Gasteiger charge is 2.67. The Kier molecular flexibility index (Phi) is 4.30. The number of carbonyl (C=O) groups is 2. The number of nitrogens with zero attached hydrogens (tertiary/aromatic N) is 2. The van der Waals surface area contributed by atoms with Gasteiger partial charge in [0.15, 0.2) is 0 Å². The van der Waals surface area contributed by atoms with E-state index in [1.807, 2.05) is 19.1 Å². The van der Waals surface area contributed by atoms with Crippen LogP contribution in [0, 0.1) is 11.8 Å². The van der Waals surface area contributed by atoms with E-state index in [9.17, 15) is 18.4 Å². The SMILES string of the molecule is CCOCCN1C[C@]23C=C[C@H](O2)[C@H](C(=O)N2CCC(F)(F)CC2)[C@@H]3C1=O. The van der Waals surface area contributed by atoms with Gasteiger partial charge in [0, 0.05) is 39.1 Å². The maximum atomic E-state index is 13.4. The summed E-state index contributed by atoms with van der Waals surface area (Å²) in [6.07, 6.45) is 2.66. The van der Waals surface area contributed by atoms with E-state index >= 15 is 0 Å². The number of alkyl halides is 2. The molecule has 0 aromatic rings. The number of likely N-dealkylation sites (tertiary alicyclic amines) is 2. The molecule has 0 unspecified atom stereocenters. The Balaban J connectivity index is 1.49. The second-order valence-corrected chi connectivity index (χ2v) is 7.54. The predicted molar refractivity (Wildman–Crippen MR) is 87.6 cm³/mol. The molecule has 4 atom stereocenters. The van der Waals surface area contributed by atoms with Crippen LogP contribution < -0.4 is 0 Å². The summed E-state index contributed by atoms with van der Waals surface area (Å²) in [7, 11) is 0. The molecule has 2 amide bonds. The fraction of sp³-hybridized carbons (Fsp3) is 0.778. The molecule has 6 nitrogen and oxygen atoms in total. The lowest BCUT2D eigenvalue weighted by atomic mass is 9.76. The predicted octanol–water partition coefficient (Wildman–Crippen LogP) is 1.06. The summed E-state index contributed by atoms with van der Waals surface area (Å²) in [5.74, 6) is -4.22. The number of hydrogen-bond donors (Lipinski definition) is 0. The molecule has 0 N–H and O–H groups in total. The Morgan fingerprint density at radius 2 is 2.12 bits per heavy atom. The number of hydrogen-bond acceptors (Lipinski definition) is 4. The third-order valence-electron chi connectivity index (χ3n) is 5.98. The highest BCUT2D eigenvalue weighted by molar-refractivity contribution is 5.93. The summed E-state index contributed by atoms with van der Waals surface area (Å²) in [6.45, 7) is 3.85. The molecule has 4 rings (SSSR count). The molecule has 2 bridgehead atoms. The average Bonchev–Trinajstić information content (AvgIpc) is 3.23. The molecule has 0 aliphatic carbocycles. The van der Waals surface area contributed by atoms with E-state index in [1.165, 1.54) is 4.90 Å². The second kappa shape index (κ2) is 6.27. The Bertz CT molecular complexity index is 631. The van der Waals surface area contributed by atoms with Gasteiger partial charge < -0.3 is 19.3 Å². The normalized spacial score (nSPS) is 37.5. The van der Waals surface area contributed by atoms with Crippen LogP contribution in [0.2, 0.25) is 0 Å². The standard InChI is InChI=1S/C18H24F2N2O4/c1-2-25-10-9-22-11-17-4-3-12(26-17)13(14(17)16(22)24)15(23)21-7-5-18(19,20)6-8-21/h3-4,12-14H,2,5-11H2,1H3/t12-,13-,14+,17-/m0/s1. The Morgan fingerprint density at radius 1 is 1.38 bits per heavy atom. The lowest BCUT2D eigenvalue weighted by Gasteiger charge is -2.35. The molecule has 0 saturated carbocycles. The van der Waals surface area contributed by atoms with Gasteiger partial charge in [-0.25, -0.2) is 8.78 Å². The highest BCUT2D eigenvalue weighted by Crippen LogP contribution is 2.52. The van der Waals surface area contributed by atoms with Crippen molar-refractivity contribution in [1.82, 2.24) is 9.80 Å². The van der Waals surface area contributed by atoms with Gasteiger partial charge in [-0.15, -0.1) is 0 Å². The lowest BCUT2D eigenvalue weighted by Crippen LogP contribution is -2.50. The molecule has 0 radical (unpaired) electrons. The van der Waals surface area contributed by atoms with E-state index in [0.29, 0.717) is 26.3 Å². The third kappa shape index (κ3) is 2.74. The maximum Gasteiger partial charge on any atom is 0.251 e. The first-order valence-electron chi connectivity index (χ1n) is 9.27. The molecule has 8 heteroatoms. The van der Waals surface area contributed by atoms with Crippen molar-refractivity contribution in [1.29, 1.82) is 0 Å². The van der Waals surface area contributed by atoms with Crippen molar-refractivity contribution in [3.8, 4) is 0 Å². The molecular weight excluding hydrogens is 346 g/mol. The van der Waals surface area contributed by atoms with Crippen LogP contribution in [0.4, 0.5) is 8.78 Å². The summed E-state index contributed by atoms with van der Waals surface area (Å²) in [5.41, 5.74) is -0.756. The van der Waals surface area contributed by atoms with E-state index in [-0.39, 0.29) is 37.7 Å². The zero-order chi connectivity index (χ0) is 18.5. The monoisotopic (exact) mass is 370 g/mol. The van der Waals surface area contributed by atoms with Crippen LogP contribution in [0.3, 0.4) is 0 Å². The smallest absolute Gasteiger partial charge is 0.251 e. The molecule has 4 heterocycles. The van der Waals surface area contributed by atoms with Crippen LogP contribution in [-0.2, 0) is 19.1 Å². The van der Waals surface area contributed by atoms with Crippen LogP contribution in [0.5, 0.6) is 0 Å². The largest absolute Gasteiger partial charge is 0.380 e. The Hall–Kier alpha value is -1.54.